The molecule has 0 bridgehead atoms. The van der Waals surface area contributed by atoms with E-state index in [0.717, 1.165) is 25.0 Å². The molecule has 120 valence electrons. The molecule has 0 N–H and O–H groups in total. The zero-order chi connectivity index (χ0) is 16.2. The van der Waals surface area contributed by atoms with Crippen molar-refractivity contribution < 1.29 is 4.79 Å². The molecule has 1 saturated heterocycles. The SMILES string of the molecule is C=C(C)/C(=C\C)CC(C)C(C)(C)N1CCCC[C@H]1C(C)=O. The Balaban J connectivity index is 2.91. The van der Waals surface area contributed by atoms with Crippen molar-refractivity contribution in [3.63, 3.8) is 0 Å². The van der Waals surface area contributed by atoms with Gasteiger partial charge in [0, 0.05) is 5.54 Å². The smallest absolute Gasteiger partial charge is 0.146 e. The highest BCUT2D eigenvalue weighted by molar-refractivity contribution is 5.81. The maximum absolute atomic E-state index is 12.0. The van der Waals surface area contributed by atoms with Gasteiger partial charge < -0.3 is 0 Å². The second kappa shape index (κ2) is 7.40. The molecule has 1 heterocycles. The summed E-state index contributed by atoms with van der Waals surface area (Å²) in [6.07, 6.45) is 6.60. The van der Waals surface area contributed by atoms with Crippen LogP contribution in [0.4, 0.5) is 0 Å². The van der Waals surface area contributed by atoms with Gasteiger partial charge in [0.2, 0.25) is 0 Å². The van der Waals surface area contributed by atoms with E-state index in [-0.39, 0.29) is 11.6 Å². The first-order valence-electron chi connectivity index (χ1n) is 8.30. The van der Waals surface area contributed by atoms with Gasteiger partial charge in [0.05, 0.1) is 6.04 Å². The first kappa shape index (κ1) is 18.2. The number of Topliss-reactive ketones (excluding diaryl/α,β-unsaturated/α-hetero) is 1. The van der Waals surface area contributed by atoms with E-state index in [1.165, 1.54) is 18.4 Å². The third-order valence-corrected chi connectivity index (χ3v) is 5.34. The summed E-state index contributed by atoms with van der Waals surface area (Å²) >= 11 is 0. The van der Waals surface area contributed by atoms with Crippen molar-refractivity contribution in [1.29, 1.82) is 0 Å². The van der Waals surface area contributed by atoms with Crippen molar-refractivity contribution in [2.24, 2.45) is 5.92 Å². The van der Waals surface area contributed by atoms with Crippen LogP contribution >= 0.6 is 0 Å². The van der Waals surface area contributed by atoms with Gasteiger partial charge in [0.1, 0.15) is 5.78 Å². The van der Waals surface area contributed by atoms with Gasteiger partial charge in [-0.25, -0.2) is 0 Å². The van der Waals surface area contributed by atoms with E-state index in [4.69, 9.17) is 0 Å². The van der Waals surface area contributed by atoms with Crippen molar-refractivity contribution in [3.05, 3.63) is 23.8 Å². The highest BCUT2D eigenvalue weighted by atomic mass is 16.1. The fourth-order valence-electron chi connectivity index (χ4n) is 3.45. The van der Waals surface area contributed by atoms with E-state index in [0.29, 0.717) is 11.7 Å². The quantitative estimate of drug-likeness (QED) is 0.658. The molecule has 0 aromatic heterocycles. The summed E-state index contributed by atoms with van der Waals surface area (Å²) in [4.78, 5) is 14.5. The van der Waals surface area contributed by atoms with Crippen molar-refractivity contribution in [1.82, 2.24) is 4.90 Å². The molecule has 0 radical (unpaired) electrons. The van der Waals surface area contributed by atoms with Crippen LogP contribution in [0.5, 0.6) is 0 Å². The van der Waals surface area contributed by atoms with Gasteiger partial charge in [-0.15, -0.1) is 0 Å². The lowest BCUT2D eigenvalue weighted by molar-refractivity contribution is -0.127. The molecule has 2 atom stereocenters. The van der Waals surface area contributed by atoms with Crippen molar-refractivity contribution in [2.75, 3.05) is 6.54 Å². The first-order valence-corrected chi connectivity index (χ1v) is 8.30. The third kappa shape index (κ3) is 4.29. The number of rotatable bonds is 6. The third-order valence-electron chi connectivity index (χ3n) is 5.34. The minimum atomic E-state index is 0.0282. The van der Waals surface area contributed by atoms with Crippen molar-refractivity contribution in [2.45, 2.75) is 78.8 Å². The monoisotopic (exact) mass is 291 g/mol. The summed E-state index contributed by atoms with van der Waals surface area (Å²) in [6, 6.07) is 0.107. The molecule has 0 aromatic carbocycles. The van der Waals surface area contributed by atoms with Crippen LogP contribution in [-0.4, -0.2) is 28.8 Å². The molecule has 0 aromatic rings. The molecule has 21 heavy (non-hydrogen) atoms. The largest absolute Gasteiger partial charge is 0.298 e. The summed E-state index contributed by atoms with van der Waals surface area (Å²) < 4.78 is 0. The minimum Gasteiger partial charge on any atom is -0.298 e. The molecular formula is C19H33NO. The number of hydrogen-bond donors (Lipinski definition) is 0. The van der Waals surface area contributed by atoms with Crippen LogP contribution < -0.4 is 0 Å². The van der Waals surface area contributed by atoms with Crippen LogP contribution in [0, 0.1) is 5.92 Å². The average molecular weight is 291 g/mol. The van der Waals surface area contributed by atoms with E-state index in [2.05, 4.69) is 52.2 Å². The number of ketones is 1. The number of carbonyl (C=O) groups is 1. The molecule has 0 amide bonds. The Morgan fingerprint density at radius 3 is 2.48 bits per heavy atom. The molecule has 1 rings (SSSR count). The molecular weight excluding hydrogens is 258 g/mol. The Bertz CT molecular complexity index is 419. The molecule has 2 heteroatoms. The van der Waals surface area contributed by atoms with Gasteiger partial charge in [-0.1, -0.05) is 31.6 Å². The lowest BCUT2D eigenvalue weighted by Gasteiger charge is -2.49. The Kier molecular flexibility index (Phi) is 6.40. The molecule has 1 fully saturated rings. The standard InChI is InChI=1S/C19H33NO/c1-8-17(14(2)3)13-15(4)19(6,7)20-12-10-9-11-18(20)16(5)21/h8,15,18H,2,9-13H2,1,3-7H3/b17-8-/t15?,18-/m0/s1. The van der Waals surface area contributed by atoms with Crippen LogP contribution in [0.15, 0.2) is 23.8 Å². The van der Waals surface area contributed by atoms with Crippen LogP contribution in [0.25, 0.3) is 0 Å². The minimum absolute atomic E-state index is 0.0282. The summed E-state index contributed by atoms with van der Waals surface area (Å²) in [5.74, 6) is 0.807. The zero-order valence-electron chi connectivity index (χ0n) is 14.8. The van der Waals surface area contributed by atoms with Gasteiger partial charge in [-0.2, -0.15) is 0 Å². The highest BCUT2D eigenvalue weighted by Crippen LogP contribution is 2.35. The lowest BCUT2D eigenvalue weighted by Crippen LogP contribution is -2.57. The average Bonchev–Trinajstić information content (AvgIpc) is 2.43. The first-order chi connectivity index (χ1) is 9.71. The molecule has 1 unspecified atom stereocenters. The topological polar surface area (TPSA) is 20.3 Å². The second-order valence-electron chi connectivity index (χ2n) is 7.17. The van der Waals surface area contributed by atoms with Gasteiger partial charge in [0.25, 0.3) is 0 Å². The Morgan fingerprint density at radius 2 is 2.00 bits per heavy atom. The summed E-state index contributed by atoms with van der Waals surface area (Å²) in [6.45, 7) is 17.9. The molecule has 2 nitrogen and oxygen atoms in total. The maximum Gasteiger partial charge on any atom is 0.146 e. The number of carbonyl (C=O) groups excluding carboxylic acids is 1. The Morgan fingerprint density at radius 1 is 1.38 bits per heavy atom. The highest BCUT2D eigenvalue weighted by Gasteiger charge is 2.39. The Labute approximate surface area is 131 Å². The molecule has 0 aliphatic carbocycles. The van der Waals surface area contributed by atoms with Crippen LogP contribution in [0.2, 0.25) is 0 Å². The van der Waals surface area contributed by atoms with Crippen LogP contribution in [0.3, 0.4) is 0 Å². The zero-order valence-corrected chi connectivity index (χ0v) is 14.8. The Hall–Kier alpha value is -0.890. The summed E-state index contributed by atoms with van der Waals surface area (Å²) in [5.41, 5.74) is 2.52. The number of allylic oxidation sites excluding steroid dienone is 3. The predicted octanol–water partition coefficient (Wildman–Crippen LogP) is 4.76. The number of likely N-dealkylation sites (tertiary alicyclic amines) is 1. The molecule has 1 aliphatic rings. The van der Waals surface area contributed by atoms with Gasteiger partial charge in [-0.05, 0) is 71.9 Å². The lowest BCUT2D eigenvalue weighted by atomic mass is 9.79. The number of piperidine rings is 1. The molecule has 1 aliphatic heterocycles. The predicted molar refractivity (Wildman–Crippen MR) is 91.5 cm³/mol. The second-order valence-corrected chi connectivity index (χ2v) is 7.17. The van der Waals surface area contributed by atoms with E-state index < -0.39 is 0 Å². The van der Waals surface area contributed by atoms with Crippen molar-refractivity contribution in [3.8, 4) is 0 Å². The number of nitrogens with zero attached hydrogens (tertiary/aromatic N) is 1. The van der Waals surface area contributed by atoms with E-state index in [1.807, 2.05) is 0 Å². The van der Waals surface area contributed by atoms with Crippen LogP contribution in [0.1, 0.15) is 67.2 Å². The molecule has 0 saturated carbocycles. The van der Waals surface area contributed by atoms with Crippen molar-refractivity contribution >= 4 is 5.78 Å². The van der Waals surface area contributed by atoms with E-state index in [9.17, 15) is 4.79 Å². The molecule has 0 spiro atoms. The van der Waals surface area contributed by atoms with Crippen LogP contribution in [-0.2, 0) is 4.79 Å². The maximum atomic E-state index is 12.0. The summed E-state index contributed by atoms with van der Waals surface area (Å²) in [5, 5.41) is 0. The van der Waals surface area contributed by atoms with E-state index in [1.54, 1.807) is 6.92 Å². The van der Waals surface area contributed by atoms with Gasteiger partial charge in [0.15, 0.2) is 0 Å². The van der Waals surface area contributed by atoms with Gasteiger partial charge in [-0.3, -0.25) is 9.69 Å². The number of hydrogen-bond acceptors (Lipinski definition) is 2. The fraction of sp³-hybridized carbons (Fsp3) is 0.737. The van der Waals surface area contributed by atoms with Gasteiger partial charge >= 0.3 is 0 Å². The summed E-state index contributed by atoms with van der Waals surface area (Å²) in [7, 11) is 0. The normalized spacial score (nSPS) is 23.0. The van der Waals surface area contributed by atoms with E-state index >= 15 is 0 Å². The fourth-order valence-corrected chi connectivity index (χ4v) is 3.45.